The van der Waals surface area contributed by atoms with Gasteiger partial charge in [0.05, 0.1) is 23.9 Å². The number of ether oxygens (including phenoxy) is 2. The number of para-hydroxylation sites is 1. The van der Waals surface area contributed by atoms with Crippen molar-refractivity contribution in [1.82, 2.24) is 4.90 Å². The van der Waals surface area contributed by atoms with Gasteiger partial charge in [-0.2, -0.15) is 0 Å². The third kappa shape index (κ3) is 5.86. The lowest BCUT2D eigenvalue weighted by molar-refractivity contribution is -0.141. The second-order valence-electron chi connectivity index (χ2n) is 8.34. The Bertz CT molecular complexity index is 1160. The lowest BCUT2D eigenvalue weighted by atomic mass is 9.94. The van der Waals surface area contributed by atoms with Crippen LogP contribution in [0.1, 0.15) is 30.5 Å². The highest BCUT2D eigenvalue weighted by atomic mass is 32.2. The van der Waals surface area contributed by atoms with Gasteiger partial charge in [-0.05, 0) is 49.6 Å². The summed E-state index contributed by atoms with van der Waals surface area (Å²) in [6.45, 7) is 5.06. The van der Waals surface area contributed by atoms with Gasteiger partial charge in [0, 0.05) is 30.8 Å². The summed E-state index contributed by atoms with van der Waals surface area (Å²) < 4.78 is 10.5. The molecule has 1 fully saturated rings. The van der Waals surface area contributed by atoms with Gasteiger partial charge in [-0.25, -0.2) is 14.6 Å². The van der Waals surface area contributed by atoms with E-state index in [4.69, 9.17) is 14.5 Å². The molecular formula is C26H30N4O4S. The molecule has 2 N–H and O–H groups in total. The largest absolute Gasteiger partial charge is 0.460 e. The predicted molar refractivity (Wildman–Crippen MR) is 140 cm³/mol. The van der Waals surface area contributed by atoms with E-state index in [0.717, 1.165) is 40.7 Å². The fourth-order valence-corrected chi connectivity index (χ4v) is 5.18. The fraction of sp³-hybridized carbons (Fsp3) is 0.346. The van der Waals surface area contributed by atoms with Crippen LogP contribution in [-0.4, -0.2) is 54.7 Å². The molecule has 9 heteroatoms. The van der Waals surface area contributed by atoms with E-state index in [-0.39, 0.29) is 18.7 Å². The molecule has 8 nitrogen and oxygen atoms in total. The number of hydrogen-bond acceptors (Lipinski definition) is 7. The summed E-state index contributed by atoms with van der Waals surface area (Å²) in [6, 6.07) is 14.5. The zero-order valence-corrected chi connectivity index (χ0v) is 21.0. The average Bonchev–Trinajstić information content (AvgIpc) is 2.85. The van der Waals surface area contributed by atoms with Gasteiger partial charge in [0.25, 0.3) is 0 Å². The highest BCUT2D eigenvalue weighted by molar-refractivity contribution is 8.13. The number of urea groups is 1. The second-order valence-corrected chi connectivity index (χ2v) is 9.40. The van der Waals surface area contributed by atoms with Crippen molar-refractivity contribution in [3.8, 4) is 0 Å². The first-order valence-corrected chi connectivity index (χ1v) is 12.5. The third-order valence-corrected chi connectivity index (χ3v) is 6.93. The number of hydrogen-bond donors (Lipinski definition) is 2. The molecule has 2 amide bonds. The topological polar surface area (TPSA) is 92.3 Å². The molecule has 184 valence electrons. The Morgan fingerprint density at radius 2 is 1.94 bits per heavy atom. The number of nitrogens with one attached hydrogen (secondary N) is 2. The number of aryl methyl sites for hydroxylation is 1. The molecular weight excluding hydrogens is 464 g/mol. The summed E-state index contributed by atoms with van der Waals surface area (Å²) in [7, 11) is 1.57. The van der Waals surface area contributed by atoms with Gasteiger partial charge in [-0.3, -0.25) is 0 Å². The standard InChI is InChI=1S/C26H30N4O4S/c1-17-8-4-5-11-21(17)29-25(32)28-20-10-6-9-19(16-20)23-22(24(31)34-14-13-33-3)18(2)27-26-30(23)12-7-15-35-26/h4-6,8-11,16,23H,7,12-15H2,1-3H3,(H2,28,29,32). The summed E-state index contributed by atoms with van der Waals surface area (Å²) in [4.78, 5) is 32.7. The normalized spacial score (nSPS) is 17.4. The lowest BCUT2D eigenvalue weighted by Crippen LogP contribution is -2.42. The molecule has 0 spiro atoms. The molecule has 0 radical (unpaired) electrons. The third-order valence-electron chi connectivity index (χ3n) is 5.85. The van der Waals surface area contributed by atoms with Crippen LogP contribution in [0, 0.1) is 6.92 Å². The van der Waals surface area contributed by atoms with Crippen LogP contribution in [0.15, 0.2) is 64.8 Å². The molecule has 2 aromatic carbocycles. The first-order valence-electron chi connectivity index (χ1n) is 11.6. The van der Waals surface area contributed by atoms with Crippen molar-refractivity contribution in [2.45, 2.75) is 26.3 Å². The van der Waals surface area contributed by atoms with Crippen molar-refractivity contribution >= 4 is 40.3 Å². The van der Waals surface area contributed by atoms with Crippen LogP contribution in [0.2, 0.25) is 0 Å². The number of rotatable bonds is 7. The van der Waals surface area contributed by atoms with Gasteiger partial charge in [0.15, 0.2) is 5.17 Å². The van der Waals surface area contributed by atoms with Crippen molar-refractivity contribution in [1.29, 1.82) is 0 Å². The summed E-state index contributed by atoms with van der Waals surface area (Å²) in [5, 5.41) is 6.71. The van der Waals surface area contributed by atoms with E-state index in [1.165, 1.54) is 0 Å². The molecule has 0 aromatic heterocycles. The Morgan fingerprint density at radius 3 is 2.74 bits per heavy atom. The van der Waals surface area contributed by atoms with E-state index in [1.54, 1.807) is 18.9 Å². The van der Waals surface area contributed by atoms with E-state index in [9.17, 15) is 9.59 Å². The van der Waals surface area contributed by atoms with Crippen LogP contribution in [0.25, 0.3) is 0 Å². The molecule has 1 atom stereocenters. The molecule has 0 bridgehead atoms. The highest BCUT2D eigenvalue weighted by Crippen LogP contribution is 2.40. The van der Waals surface area contributed by atoms with E-state index < -0.39 is 5.97 Å². The molecule has 2 aliphatic rings. The number of carbonyl (C=O) groups is 2. The number of carbonyl (C=O) groups excluding carboxylic acids is 2. The van der Waals surface area contributed by atoms with Crippen LogP contribution in [-0.2, 0) is 14.3 Å². The maximum Gasteiger partial charge on any atom is 0.338 e. The highest BCUT2D eigenvalue weighted by Gasteiger charge is 2.38. The smallest absolute Gasteiger partial charge is 0.338 e. The van der Waals surface area contributed by atoms with Crippen LogP contribution in [0.5, 0.6) is 0 Å². The number of anilines is 2. The number of benzene rings is 2. The van der Waals surface area contributed by atoms with E-state index in [1.807, 2.05) is 62.4 Å². The maximum atomic E-state index is 13.1. The van der Waals surface area contributed by atoms with Crippen LogP contribution in [0.4, 0.5) is 16.2 Å². The number of esters is 1. The Hall–Kier alpha value is -3.30. The molecule has 4 rings (SSSR count). The van der Waals surface area contributed by atoms with Gasteiger partial charge in [0.1, 0.15) is 6.61 Å². The number of fused-ring (bicyclic) bond motifs is 1. The zero-order chi connectivity index (χ0) is 24.8. The van der Waals surface area contributed by atoms with Crippen molar-refractivity contribution in [3.05, 3.63) is 70.9 Å². The number of amidine groups is 1. The first kappa shape index (κ1) is 24.8. The lowest BCUT2D eigenvalue weighted by Gasteiger charge is -2.40. The minimum Gasteiger partial charge on any atom is -0.460 e. The maximum absolute atomic E-state index is 13.1. The van der Waals surface area contributed by atoms with Gasteiger partial charge >= 0.3 is 12.0 Å². The van der Waals surface area contributed by atoms with E-state index in [0.29, 0.717) is 23.6 Å². The molecule has 35 heavy (non-hydrogen) atoms. The Morgan fingerprint density at radius 1 is 1.11 bits per heavy atom. The van der Waals surface area contributed by atoms with Gasteiger partial charge in [-0.1, -0.05) is 42.1 Å². The Labute approximate surface area is 209 Å². The van der Waals surface area contributed by atoms with Gasteiger partial charge in [-0.15, -0.1) is 0 Å². The molecule has 0 saturated carbocycles. The van der Waals surface area contributed by atoms with E-state index >= 15 is 0 Å². The van der Waals surface area contributed by atoms with E-state index in [2.05, 4.69) is 15.5 Å². The van der Waals surface area contributed by atoms with Crippen LogP contribution < -0.4 is 10.6 Å². The van der Waals surface area contributed by atoms with Crippen molar-refractivity contribution < 1.29 is 19.1 Å². The van der Waals surface area contributed by atoms with Crippen LogP contribution >= 0.6 is 11.8 Å². The first-order chi connectivity index (χ1) is 17.0. The quantitative estimate of drug-likeness (QED) is 0.418. The van der Waals surface area contributed by atoms with Gasteiger partial charge in [0.2, 0.25) is 0 Å². The minimum absolute atomic E-state index is 0.171. The van der Waals surface area contributed by atoms with Crippen molar-refractivity contribution in [2.24, 2.45) is 4.99 Å². The summed E-state index contributed by atoms with van der Waals surface area (Å²) in [5.74, 6) is 0.586. The fourth-order valence-electron chi connectivity index (χ4n) is 4.16. The van der Waals surface area contributed by atoms with Crippen molar-refractivity contribution in [2.75, 3.05) is 43.3 Å². The molecule has 1 unspecified atom stereocenters. The van der Waals surface area contributed by atoms with Gasteiger partial charge < -0.3 is 25.0 Å². The molecule has 2 aliphatic heterocycles. The average molecular weight is 495 g/mol. The number of nitrogens with zero attached hydrogens (tertiary/aromatic N) is 2. The molecule has 2 aromatic rings. The monoisotopic (exact) mass is 494 g/mol. The summed E-state index contributed by atoms with van der Waals surface area (Å²) >= 11 is 1.69. The predicted octanol–water partition coefficient (Wildman–Crippen LogP) is 4.95. The SMILES string of the molecule is COCCOC(=O)C1=C(C)N=C2SCCCN2C1c1cccc(NC(=O)Nc2ccccc2C)c1. The number of aliphatic imine (C=N–C) groups is 1. The minimum atomic E-state index is -0.404. The number of allylic oxidation sites excluding steroid dienone is 1. The molecule has 2 heterocycles. The van der Waals surface area contributed by atoms with Crippen molar-refractivity contribution in [3.63, 3.8) is 0 Å². The molecule has 0 aliphatic carbocycles. The summed E-state index contributed by atoms with van der Waals surface area (Å²) in [6.07, 6.45) is 0.988. The molecule has 1 saturated heterocycles. The number of methoxy groups -OCH3 is 1. The Kier molecular flexibility index (Phi) is 8.09. The van der Waals surface area contributed by atoms with Crippen LogP contribution in [0.3, 0.4) is 0 Å². The number of thioether (sulfide) groups is 1. The zero-order valence-electron chi connectivity index (χ0n) is 20.2. The summed E-state index contributed by atoms with van der Waals surface area (Å²) in [5.41, 5.74) is 4.39. The number of amides is 2. The second kappa shape index (κ2) is 11.4. The Balaban J connectivity index is 1.60.